The zero-order chi connectivity index (χ0) is 46.8. The maximum Gasteiger partial charge on any atom is 0.306 e. The minimum atomic E-state index is -0.194. The van der Waals surface area contributed by atoms with Crippen LogP contribution in [-0.2, 0) is 36.8 Å². The molecule has 3 aromatic rings. The lowest BCUT2D eigenvalue weighted by Crippen LogP contribution is -2.45. The standard InChI is InChI=1S/C35H47N7O3.C16H30N2O3/c1-25-17-26(2)42(38-25)33-19-29(18-32(21-33)41-15-13-39(24-43)14-16-41)30(20-34(44)45-3)23-40-12-10-27(22-40)6-8-31-9-7-28-5-4-11-36-35(28)37-31;1-2-3-9-15(20)17-11-6-4-5-10-16(21)18-12-7-8-14(18)13-19/h7,9,17-19,21,24,27,30H,4-6,8,10-16,20,22-23H2,1-3H3,(H,36,37);14,19H,2-13H2,1H3,(H,17,20). The van der Waals surface area contributed by atoms with Gasteiger partial charge in [0.2, 0.25) is 18.2 Å². The Kier molecular flexibility index (Phi) is 19.7. The molecule has 6 heterocycles. The van der Waals surface area contributed by atoms with Crippen LogP contribution >= 0.6 is 0 Å². The highest BCUT2D eigenvalue weighted by molar-refractivity contribution is 5.77. The fourth-order valence-corrected chi connectivity index (χ4v) is 9.92. The van der Waals surface area contributed by atoms with E-state index in [2.05, 4.69) is 70.7 Å². The summed E-state index contributed by atoms with van der Waals surface area (Å²) in [4.78, 5) is 60.9. The number of pyridine rings is 1. The van der Waals surface area contributed by atoms with Gasteiger partial charge in [0.25, 0.3) is 0 Å². The Labute approximate surface area is 393 Å². The zero-order valence-electron chi connectivity index (χ0n) is 40.3. The van der Waals surface area contributed by atoms with Crippen LogP contribution < -0.4 is 15.5 Å². The summed E-state index contributed by atoms with van der Waals surface area (Å²) in [5.74, 6) is 1.77. The van der Waals surface area contributed by atoms with Crippen LogP contribution in [0.25, 0.3) is 5.69 Å². The van der Waals surface area contributed by atoms with E-state index in [-0.39, 0.29) is 36.4 Å². The summed E-state index contributed by atoms with van der Waals surface area (Å²) in [7, 11) is 1.47. The number of piperazine rings is 1. The molecular formula is C51H77N9O6. The fraction of sp³-hybridized carbons (Fsp3) is 0.647. The Morgan fingerprint density at radius 3 is 2.52 bits per heavy atom. The Bertz CT molecular complexity index is 2030. The highest BCUT2D eigenvalue weighted by Gasteiger charge is 2.29. The number of esters is 1. The smallest absolute Gasteiger partial charge is 0.306 e. The van der Waals surface area contributed by atoms with Crippen molar-refractivity contribution >= 4 is 35.7 Å². The molecule has 3 amide bonds. The number of aromatic nitrogens is 3. The molecule has 4 aliphatic rings. The van der Waals surface area contributed by atoms with Crippen molar-refractivity contribution < 1.29 is 29.0 Å². The average molecular weight is 912 g/mol. The number of aliphatic hydroxyl groups is 1. The number of anilines is 2. The molecule has 66 heavy (non-hydrogen) atoms. The van der Waals surface area contributed by atoms with Gasteiger partial charge in [0.05, 0.1) is 37.6 Å². The van der Waals surface area contributed by atoms with Crippen molar-refractivity contribution in [3.63, 3.8) is 0 Å². The topological polar surface area (TPSA) is 165 Å². The molecular weight excluding hydrogens is 835 g/mol. The second kappa shape index (κ2) is 25.8. The molecule has 3 atom stereocenters. The van der Waals surface area contributed by atoms with E-state index in [4.69, 9.17) is 14.8 Å². The summed E-state index contributed by atoms with van der Waals surface area (Å²) in [6, 6.07) is 13.2. The van der Waals surface area contributed by atoms with Gasteiger partial charge in [-0.3, -0.25) is 19.2 Å². The number of rotatable bonds is 21. The Balaban J connectivity index is 0.000000289. The number of fused-ring (bicyclic) bond motifs is 1. The fourth-order valence-electron chi connectivity index (χ4n) is 9.92. The Hall–Kier alpha value is -5.02. The monoisotopic (exact) mass is 912 g/mol. The summed E-state index contributed by atoms with van der Waals surface area (Å²) in [5.41, 5.74) is 7.75. The molecule has 0 radical (unpaired) electrons. The van der Waals surface area contributed by atoms with Crippen molar-refractivity contribution in [2.75, 3.05) is 89.4 Å². The maximum atomic E-state index is 12.7. The van der Waals surface area contributed by atoms with Gasteiger partial charge in [0.15, 0.2) is 0 Å². The third kappa shape index (κ3) is 14.7. The molecule has 2 aromatic heterocycles. The van der Waals surface area contributed by atoms with Gasteiger partial charge < -0.3 is 40.1 Å². The highest BCUT2D eigenvalue weighted by atomic mass is 16.5. The minimum absolute atomic E-state index is 0.0171. The molecule has 0 spiro atoms. The van der Waals surface area contributed by atoms with E-state index >= 15 is 0 Å². The molecule has 3 N–H and O–H groups in total. The number of likely N-dealkylation sites (tertiary alicyclic amines) is 2. The highest BCUT2D eigenvalue weighted by Crippen LogP contribution is 2.33. The molecule has 3 unspecified atom stereocenters. The first-order chi connectivity index (χ1) is 32.1. The molecule has 7 rings (SSSR count). The van der Waals surface area contributed by atoms with Gasteiger partial charge in [-0.1, -0.05) is 25.8 Å². The summed E-state index contributed by atoms with van der Waals surface area (Å²) < 4.78 is 7.18. The first-order valence-electron chi connectivity index (χ1n) is 24.9. The van der Waals surface area contributed by atoms with Crippen molar-refractivity contribution in [1.29, 1.82) is 0 Å². The van der Waals surface area contributed by atoms with E-state index in [1.54, 1.807) is 0 Å². The van der Waals surface area contributed by atoms with Crippen LogP contribution in [0.3, 0.4) is 0 Å². The number of unbranched alkanes of at least 4 members (excludes halogenated alkanes) is 3. The zero-order valence-corrected chi connectivity index (χ0v) is 40.3. The molecule has 362 valence electrons. The van der Waals surface area contributed by atoms with Gasteiger partial charge in [0.1, 0.15) is 5.82 Å². The summed E-state index contributed by atoms with van der Waals surface area (Å²) >= 11 is 0. The molecule has 15 heteroatoms. The molecule has 4 aliphatic heterocycles. The molecule has 15 nitrogen and oxygen atoms in total. The van der Waals surface area contributed by atoms with E-state index in [1.807, 2.05) is 21.4 Å². The summed E-state index contributed by atoms with van der Waals surface area (Å²) in [6.45, 7) is 14.5. The van der Waals surface area contributed by atoms with Crippen molar-refractivity contribution in [3.8, 4) is 5.69 Å². The van der Waals surface area contributed by atoms with Crippen molar-refractivity contribution in [2.45, 2.75) is 129 Å². The Morgan fingerprint density at radius 2 is 1.77 bits per heavy atom. The predicted octanol–water partition coefficient (Wildman–Crippen LogP) is 5.96. The van der Waals surface area contributed by atoms with E-state index in [1.165, 1.54) is 24.8 Å². The molecule has 0 saturated carbocycles. The number of nitrogens with zero attached hydrogens (tertiary/aromatic N) is 7. The van der Waals surface area contributed by atoms with Crippen LogP contribution in [0.2, 0.25) is 0 Å². The predicted molar refractivity (Wildman–Crippen MR) is 259 cm³/mol. The third-order valence-corrected chi connectivity index (χ3v) is 13.8. The van der Waals surface area contributed by atoms with Gasteiger partial charge >= 0.3 is 5.97 Å². The average Bonchev–Trinajstić information content (AvgIpc) is 4.10. The SMILES string of the molecule is CCCCC(=O)NCCCCCC(=O)N1CCCC1CO.COC(=O)CC(CN1CCC(CCc2ccc3c(n2)NCCC3)C1)c1cc(N2CCN(C=O)CC2)cc(-n2nc(C)cc2C)c1. The number of methoxy groups -OCH3 is 1. The van der Waals surface area contributed by atoms with Gasteiger partial charge in [-0.15, -0.1) is 0 Å². The van der Waals surface area contributed by atoms with Crippen molar-refractivity contribution in [1.82, 2.24) is 34.8 Å². The summed E-state index contributed by atoms with van der Waals surface area (Å²) in [6.07, 6.45) is 14.6. The van der Waals surface area contributed by atoms with Crippen LogP contribution in [-0.4, -0.2) is 144 Å². The van der Waals surface area contributed by atoms with E-state index < -0.39 is 0 Å². The first kappa shape index (κ1) is 50.4. The number of amides is 3. The van der Waals surface area contributed by atoms with Gasteiger partial charge in [-0.2, -0.15) is 5.10 Å². The molecule has 1 aromatic carbocycles. The van der Waals surface area contributed by atoms with Crippen molar-refractivity contribution in [3.05, 3.63) is 64.6 Å². The van der Waals surface area contributed by atoms with E-state index in [9.17, 15) is 24.3 Å². The second-order valence-corrected chi connectivity index (χ2v) is 18.9. The normalized spacial score (nSPS) is 18.8. The van der Waals surface area contributed by atoms with Gasteiger partial charge in [0, 0.05) is 94.7 Å². The Morgan fingerprint density at radius 1 is 0.955 bits per heavy atom. The van der Waals surface area contributed by atoms with Crippen LogP contribution in [0.4, 0.5) is 11.5 Å². The lowest BCUT2D eigenvalue weighted by molar-refractivity contribution is -0.141. The molecule has 3 saturated heterocycles. The second-order valence-electron chi connectivity index (χ2n) is 18.9. The van der Waals surface area contributed by atoms with Gasteiger partial charge in [-0.25, -0.2) is 9.67 Å². The molecule has 0 bridgehead atoms. The summed E-state index contributed by atoms with van der Waals surface area (Å²) in [5, 5.41) is 20.4. The lowest BCUT2D eigenvalue weighted by atomic mass is 9.93. The van der Waals surface area contributed by atoms with Crippen LogP contribution in [0, 0.1) is 19.8 Å². The lowest BCUT2D eigenvalue weighted by Gasteiger charge is -2.35. The third-order valence-electron chi connectivity index (χ3n) is 13.8. The number of aryl methyl sites for hydroxylation is 4. The number of hydrogen-bond acceptors (Lipinski definition) is 11. The quantitative estimate of drug-likeness (QED) is 0.0657. The van der Waals surface area contributed by atoms with Crippen LogP contribution in [0.1, 0.15) is 125 Å². The van der Waals surface area contributed by atoms with E-state index in [0.29, 0.717) is 44.8 Å². The van der Waals surface area contributed by atoms with Gasteiger partial charge in [-0.05, 0) is 132 Å². The number of benzene rings is 1. The van der Waals surface area contributed by atoms with Crippen LogP contribution in [0.5, 0.6) is 0 Å². The number of aliphatic hydroxyl groups excluding tert-OH is 1. The largest absolute Gasteiger partial charge is 0.469 e. The van der Waals surface area contributed by atoms with Crippen molar-refractivity contribution in [2.24, 2.45) is 5.92 Å². The number of ether oxygens (including phenoxy) is 1. The molecule has 3 fully saturated rings. The minimum Gasteiger partial charge on any atom is -0.469 e. The number of nitrogens with one attached hydrogen (secondary N) is 2. The van der Waals surface area contributed by atoms with Crippen LogP contribution in [0.15, 0.2) is 36.4 Å². The number of hydrogen-bond donors (Lipinski definition) is 3. The van der Waals surface area contributed by atoms with E-state index in [0.717, 1.165) is 157 Å². The number of carbonyl (C=O) groups is 4. The first-order valence-corrected chi connectivity index (χ1v) is 24.9. The maximum absolute atomic E-state index is 12.7. The number of carbonyl (C=O) groups excluding carboxylic acids is 4. The molecule has 0 aliphatic carbocycles.